The molecule has 0 saturated heterocycles. The molecule has 4 aliphatic carbocycles. The molecule has 2 amide bonds. The number of hydrogen-bond donors (Lipinski definition) is 3. The molecule has 4 fully saturated rings. The summed E-state index contributed by atoms with van der Waals surface area (Å²) in [4.78, 5) is 22.7. The number of phenolic OH excluding ortho intramolecular Hbond substituents is 1. The number of phenols is 1. The number of benzene rings is 1. The number of halogens is 1. The van der Waals surface area contributed by atoms with E-state index in [1.54, 1.807) is 0 Å². The number of non-ortho nitro benzene ring substituents is 1. The van der Waals surface area contributed by atoms with Gasteiger partial charge in [0.15, 0.2) is 0 Å². The van der Waals surface area contributed by atoms with Crippen LogP contribution in [0.5, 0.6) is 5.75 Å². The number of amides is 2. The molecular weight excluding hydrogens is 416 g/mol. The lowest BCUT2D eigenvalue weighted by atomic mass is 9.53. The van der Waals surface area contributed by atoms with Crippen LogP contribution in [0.15, 0.2) is 21.7 Å². The van der Waals surface area contributed by atoms with Crippen molar-refractivity contribution in [1.29, 1.82) is 0 Å². The van der Waals surface area contributed by atoms with Crippen LogP contribution < -0.4 is 10.7 Å². The van der Waals surface area contributed by atoms with E-state index < -0.39 is 4.92 Å². The molecule has 1 aromatic carbocycles. The number of aromatic hydroxyl groups is 1. The maximum atomic E-state index is 12.3. The van der Waals surface area contributed by atoms with Gasteiger partial charge in [-0.3, -0.25) is 10.1 Å². The zero-order valence-electron chi connectivity index (χ0n) is 14.7. The second-order valence-electron chi connectivity index (χ2n) is 8.14. The molecule has 4 aliphatic rings. The number of nitro benzene ring substituents is 1. The molecule has 5 rings (SSSR count). The zero-order valence-corrected chi connectivity index (χ0v) is 16.2. The number of nitrogens with zero attached hydrogens (tertiary/aromatic N) is 2. The van der Waals surface area contributed by atoms with Crippen molar-refractivity contribution in [2.45, 2.75) is 44.1 Å². The van der Waals surface area contributed by atoms with Gasteiger partial charge in [-0.05, 0) is 72.2 Å². The molecule has 0 atom stereocenters. The number of hydrazone groups is 1. The van der Waals surface area contributed by atoms with Crippen LogP contribution in [0, 0.1) is 27.9 Å². The molecule has 0 aromatic heterocycles. The second kappa shape index (κ2) is 6.78. The van der Waals surface area contributed by atoms with E-state index in [2.05, 4.69) is 31.8 Å². The van der Waals surface area contributed by atoms with Gasteiger partial charge in [-0.25, -0.2) is 10.2 Å². The summed E-state index contributed by atoms with van der Waals surface area (Å²) in [6, 6.07) is 2.03. The van der Waals surface area contributed by atoms with E-state index in [1.807, 2.05) is 0 Å². The van der Waals surface area contributed by atoms with Crippen LogP contribution in [0.25, 0.3) is 0 Å². The SMILES string of the molecule is O=C(N/N=C\c1cc([N+](=O)[O-])cc(Br)c1O)NC12CC3CC(CC(C3)C1)C2. The number of rotatable bonds is 4. The van der Waals surface area contributed by atoms with Gasteiger partial charge in [0, 0.05) is 23.2 Å². The number of urea groups is 1. The first-order valence-electron chi connectivity index (χ1n) is 9.12. The largest absolute Gasteiger partial charge is 0.506 e. The molecule has 8 nitrogen and oxygen atoms in total. The minimum atomic E-state index is -0.561. The fourth-order valence-electron chi connectivity index (χ4n) is 5.50. The van der Waals surface area contributed by atoms with Gasteiger partial charge in [0.1, 0.15) is 5.75 Å². The van der Waals surface area contributed by atoms with Gasteiger partial charge in [0.25, 0.3) is 5.69 Å². The minimum absolute atomic E-state index is 0.120. The Bertz CT molecular complexity index is 791. The van der Waals surface area contributed by atoms with Gasteiger partial charge in [0.05, 0.1) is 15.6 Å². The van der Waals surface area contributed by atoms with Crippen LogP contribution >= 0.6 is 15.9 Å². The summed E-state index contributed by atoms with van der Waals surface area (Å²) < 4.78 is 0.191. The number of carbonyl (C=O) groups is 1. The smallest absolute Gasteiger partial charge is 0.335 e. The number of carbonyl (C=O) groups excluding carboxylic acids is 1. The molecule has 0 aliphatic heterocycles. The summed E-state index contributed by atoms with van der Waals surface area (Å²) in [7, 11) is 0. The van der Waals surface area contributed by atoms with Crippen molar-refractivity contribution >= 4 is 33.9 Å². The van der Waals surface area contributed by atoms with Gasteiger partial charge < -0.3 is 10.4 Å². The first-order valence-corrected chi connectivity index (χ1v) is 9.91. The highest BCUT2D eigenvalue weighted by atomic mass is 79.9. The predicted molar refractivity (Wildman–Crippen MR) is 103 cm³/mol. The highest BCUT2D eigenvalue weighted by Crippen LogP contribution is 2.55. The highest BCUT2D eigenvalue weighted by Gasteiger charge is 2.51. The third-order valence-corrected chi connectivity index (χ3v) is 6.68. The summed E-state index contributed by atoms with van der Waals surface area (Å²) in [5.74, 6) is 1.99. The maximum absolute atomic E-state index is 12.3. The lowest BCUT2D eigenvalue weighted by Gasteiger charge is -2.56. The van der Waals surface area contributed by atoms with Crippen molar-refractivity contribution < 1.29 is 14.8 Å². The molecule has 1 aromatic rings. The molecule has 9 heteroatoms. The van der Waals surface area contributed by atoms with Crippen molar-refractivity contribution in [1.82, 2.24) is 10.7 Å². The van der Waals surface area contributed by atoms with Crippen molar-refractivity contribution in [3.8, 4) is 5.75 Å². The summed E-state index contributed by atoms with van der Waals surface area (Å²) >= 11 is 3.07. The third kappa shape index (κ3) is 3.65. The number of hydrogen-bond acceptors (Lipinski definition) is 5. The molecule has 144 valence electrons. The van der Waals surface area contributed by atoms with Crippen molar-refractivity contribution in [2.75, 3.05) is 0 Å². The summed E-state index contributed by atoms with van der Waals surface area (Å²) in [5.41, 5.74) is 2.27. The Morgan fingerprint density at radius 2 is 1.85 bits per heavy atom. The average molecular weight is 437 g/mol. The minimum Gasteiger partial charge on any atom is -0.506 e. The van der Waals surface area contributed by atoms with Gasteiger partial charge in [-0.1, -0.05) is 0 Å². The molecule has 0 radical (unpaired) electrons. The fraction of sp³-hybridized carbons (Fsp3) is 0.556. The monoisotopic (exact) mass is 436 g/mol. The molecule has 0 unspecified atom stereocenters. The Morgan fingerprint density at radius 1 is 1.26 bits per heavy atom. The quantitative estimate of drug-likeness (QED) is 0.379. The van der Waals surface area contributed by atoms with E-state index in [4.69, 9.17) is 0 Å². The van der Waals surface area contributed by atoms with Crippen LogP contribution in [0.4, 0.5) is 10.5 Å². The first-order chi connectivity index (χ1) is 12.8. The van der Waals surface area contributed by atoms with Crippen molar-refractivity contribution in [3.63, 3.8) is 0 Å². The van der Waals surface area contributed by atoms with Crippen LogP contribution in [0.2, 0.25) is 0 Å². The standard InChI is InChI=1S/C18H21BrN4O4/c19-15-5-14(23(26)27)4-13(16(15)24)9-20-22-17(25)21-18-6-10-1-11(7-18)3-12(2-10)8-18/h4-5,9-12,24H,1-3,6-8H2,(H2,21,22,25)/b20-9-. The number of nitro groups is 1. The molecular formula is C18H21BrN4O4. The van der Waals surface area contributed by atoms with Crippen LogP contribution in [-0.2, 0) is 0 Å². The van der Waals surface area contributed by atoms with Crippen molar-refractivity contribution in [2.24, 2.45) is 22.9 Å². The zero-order chi connectivity index (χ0) is 19.2. The summed E-state index contributed by atoms with van der Waals surface area (Å²) in [6.07, 6.45) is 8.19. The van der Waals surface area contributed by atoms with Crippen LogP contribution in [-0.4, -0.2) is 27.8 Å². The molecule has 4 saturated carbocycles. The number of nitrogens with one attached hydrogen (secondary N) is 2. The normalized spacial score (nSPS) is 31.2. The Labute approximate surface area is 164 Å². The Morgan fingerprint density at radius 3 is 2.41 bits per heavy atom. The Hall–Kier alpha value is -2.16. The Kier molecular flexibility index (Phi) is 4.57. The van der Waals surface area contributed by atoms with Gasteiger partial charge in [-0.15, -0.1) is 0 Å². The predicted octanol–water partition coefficient (Wildman–Crippen LogP) is 3.66. The maximum Gasteiger partial charge on any atom is 0.335 e. The first kappa shape index (κ1) is 18.2. The average Bonchev–Trinajstić information content (AvgIpc) is 2.56. The van der Waals surface area contributed by atoms with E-state index in [0.29, 0.717) is 0 Å². The van der Waals surface area contributed by atoms with E-state index in [1.165, 1.54) is 37.6 Å². The fourth-order valence-corrected chi connectivity index (χ4v) is 5.97. The molecule has 27 heavy (non-hydrogen) atoms. The molecule has 3 N–H and O–H groups in total. The second-order valence-corrected chi connectivity index (χ2v) is 9.00. The topological polar surface area (TPSA) is 117 Å². The highest BCUT2D eigenvalue weighted by molar-refractivity contribution is 9.10. The molecule has 0 heterocycles. The van der Waals surface area contributed by atoms with E-state index in [0.717, 1.165) is 37.0 Å². The van der Waals surface area contributed by atoms with Gasteiger partial charge in [0.2, 0.25) is 0 Å². The van der Waals surface area contributed by atoms with Crippen LogP contribution in [0.3, 0.4) is 0 Å². The van der Waals surface area contributed by atoms with E-state index >= 15 is 0 Å². The lowest BCUT2D eigenvalue weighted by Crippen LogP contribution is -2.61. The summed E-state index contributed by atoms with van der Waals surface area (Å²) in [6.45, 7) is 0. The lowest BCUT2D eigenvalue weighted by molar-refractivity contribution is -0.385. The summed E-state index contributed by atoms with van der Waals surface area (Å²) in [5, 5.41) is 27.9. The van der Waals surface area contributed by atoms with Crippen molar-refractivity contribution in [3.05, 3.63) is 32.3 Å². The third-order valence-electron chi connectivity index (χ3n) is 6.08. The molecule has 4 bridgehead atoms. The molecule has 0 spiro atoms. The Balaban J connectivity index is 1.41. The van der Waals surface area contributed by atoms with E-state index in [-0.39, 0.29) is 33.0 Å². The van der Waals surface area contributed by atoms with E-state index in [9.17, 15) is 20.0 Å². The van der Waals surface area contributed by atoms with Gasteiger partial charge in [-0.2, -0.15) is 5.10 Å². The van der Waals surface area contributed by atoms with Crippen LogP contribution in [0.1, 0.15) is 44.1 Å². The van der Waals surface area contributed by atoms with Gasteiger partial charge >= 0.3 is 6.03 Å².